The molecule has 0 saturated heterocycles. The first-order valence-electron chi connectivity index (χ1n) is 24.8. The molecule has 2 bridgehead atoms. The highest BCUT2D eigenvalue weighted by Crippen LogP contribution is 2.61. The zero-order chi connectivity index (χ0) is 46.6. The fourth-order valence-electron chi connectivity index (χ4n) is 12.6. The number of anilines is 3. The SMILES string of the molecule is c1ccc(-c2ccc(N(c3ccc(-c4cccc5c6ccccc6n(-c6ccccc6)c45)cc3)c3ccc4c5ccccc5n(-c5ccccc5)c4c3)c3c2C2c4ccccc4C3c3ccccc32)cc1. The van der Waals surface area contributed by atoms with Gasteiger partial charge in [0.1, 0.15) is 0 Å². The Labute approximate surface area is 412 Å². The van der Waals surface area contributed by atoms with Crippen molar-refractivity contribution in [1.82, 2.24) is 9.13 Å². The summed E-state index contributed by atoms with van der Waals surface area (Å²) in [6.45, 7) is 0. The van der Waals surface area contributed by atoms with Gasteiger partial charge in [0.2, 0.25) is 0 Å². The molecule has 0 aliphatic heterocycles. The van der Waals surface area contributed by atoms with E-state index in [1.165, 1.54) is 105 Å². The third kappa shape index (κ3) is 5.90. The van der Waals surface area contributed by atoms with Gasteiger partial charge in [-0.1, -0.05) is 194 Å². The molecule has 2 aromatic heterocycles. The van der Waals surface area contributed by atoms with Crippen LogP contribution in [0.1, 0.15) is 45.2 Å². The van der Waals surface area contributed by atoms with Crippen LogP contribution in [-0.4, -0.2) is 9.13 Å². The third-order valence-electron chi connectivity index (χ3n) is 15.5. The van der Waals surface area contributed by atoms with E-state index in [2.05, 4.69) is 275 Å². The monoisotopic (exact) mass is 903 g/mol. The number of fused-ring (bicyclic) bond motifs is 6. The Morgan fingerprint density at radius 1 is 0.296 bits per heavy atom. The van der Waals surface area contributed by atoms with Crippen LogP contribution < -0.4 is 4.90 Å². The predicted octanol–water partition coefficient (Wildman–Crippen LogP) is 17.7. The summed E-state index contributed by atoms with van der Waals surface area (Å²) in [5.74, 6) is 0.126. The molecule has 16 rings (SSSR count). The van der Waals surface area contributed by atoms with Gasteiger partial charge in [0.15, 0.2) is 0 Å². The zero-order valence-electron chi connectivity index (χ0n) is 38.8. The van der Waals surface area contributed by atoms with Crippen LogP contribution in [0, 0.1) is 0 Å². The summed E-state index contributed by atoms with van der Waals surface area (Å²) in [5.41, 5.74) is 23.8. The summed E-state index contributed by atoms with van der Waals surface area (Å²) in [6.07, 6.45) is 0. The fourth-order valence-corrected chi connectivity index (χ4v) is 12.6. The molecule has 3 heteroatoms. The first-order valence-corrected chi connectivity index (χ1v) is 24.8. The van der Waals surface area contributed by atoms with Crippen LogP contribution in [0.25, 0.3) is 77.2 Å². The maximum atomic E-state index is 2.55. The minimum absolute atomic E-state index is 0.0415. The van der Waals surface area contributed by atoms with Crippen LogP contribution in [0.4, 0.5) is 17.1 Å². The average molecular weight is 904 g/mol. The molecular formula is C68H45N3. The fraction of sp³-hybridized carbons (Fsp3) is 0.0294. The average Bonchev–Trinajstić information content (AvgIpc) is 3.97. The molecule has 0 fully saturated rings. The molecule has 0 spiro atoms. The molecule has 0 radical (unpaired) electrons. The minimum Gasteiger partial charge on any atom is -0.310 e. The zero-order valence-corrected chi connectivity index (χ0v) is 38.8. The molecule has 3 aliphatic carbocycles. The van der Waals surface area contributed by atoms with Gasteiger partial charge in [-0.15, -0.1) is 0 Å². The van der Waals surface area contributed by atoms with Crippen molar-refractivity contribution in [3.63, 3.8) is 0 Å². The van der Waals surface area contributed by atoms with Gasteiger partial charge in [-0.2, -0.15) is 0 Å². The van der Waals surface area contributed by atoms with Crippen molar-refractivity contribution in [3.8, 4) is 33.6 Å². The molecule has 0 N–H and O–H groups in total. The van der Waals surface area contributed by atoms with Crippen molar-refractivity contribution < 1.29 is 0 Å². The van der Waals surface area contributed by atoms with E-state index >= 15 is 0 Å². The summed E-state index contributed by atoms with van der Waals surface area (Å²) in [7, 11) is 0. The van der Waals surface area contributed by atoms with E-state index in [-0.39, 0.29) is 11.8 Å². The lowest BCUT2D eigenvalue weighted by molar-refractivity contribution is 0.755. The van der Waals surface area contributed by atoms with E-state index in [1.54, 1.807) is 0 Å². The Morgan fingerprint density at radius 3 is 1.42 bits per heavy atom. The van der Waals surface area contributed by atoms with Crippen LogP contribution in [0.5, 0.6) is 0 Å². The molecule has 13 aromatic rings. The molecule has 332 valence electrons. The van der Waals surface area contributed by atoms with Gasteiger partial charge in [0, 0.05) is 61.7 Å². The Bertz CT molecular complexity index is 4170. The van der Waals surface area contributed by atoms with Gasteiger partial charge >= 0.3 is 0 Å². The maximum Gasteiger partial charge on any atom is 0.0619 e. The molecule has 11 aromatic carbocycles. The second-order valence-corrected chi connectivity index (χ2v) is 19.1. The van der Waals surface area contributed by atoms with Gasteiger partial charge < -0.3 is 14.0 Å². The van der Waals surface area contributed by atoms with E-state index in [1.807, 2.05) is 0 Å². The summed E-state index contributed by atoms with van der Waals surface area (Å²) < 4.78 is 4.87. The molecule has 71 heavy (non-hydrogen) atoms. The highest BCUT2D eigenvalue weighted by molar-refractivity contribution is 6.14. The number of benzene rings is 11. The Kier molecular flexibility index (Phi) is 8.78. The van der Waals surface area contributed by atoms with Gasteiger partial charge in [0.05, 0.1) is 27.8 Å². The first-order chi connectivity index (χ1) is 35.3. The molecule has 0 amide bonds. The second kappa shape index (κ2) is 15.7. The molecule has 3 nitrogen and oxygen atoms in total. The number of hydrogen-bond acceptors (Lipinski definition) is 1. The lowest BCUT2D eigenvalue weighted by Gasteiger charge is -2.45. The number of aromatic nitrogens is 2. The van der Waals surface area contributed by atoms with Crippen molar-refractivity contribution in [3.05, 3.63) is 294 Å². The van der Waals surface area contributed by atoms with Crippen molar-refractivity contribution in [2.24, 2.45) is 0 Å². The van der Waals surface area contributed by atoms with Gasteiger partial charge in [-0.3, -0.25) is 0 Å². The van der Waals surface area contributed by atoms with E-state index in [0.29, 0.717) is 0 Å². The highest BCUT2D eigenvalue weighted by atomic mass is 15.1. The van der Waals surface area contributed by atoms with E-state index in [4.69, 9.17) is 0 Å². The maximum absolute atomic E-state index is 2.55. The van der Waals surface area contributed by atoms with Crippen molar-refractivity contribution in [2.45, 2.75) is 11.8 Å². The number of rotatable bonds is 7. The molecule has 2 heterocycles. The van der Waals surface area contributed by atoms with Crippen molar-refractivity contribution in [1.29, 1.82) is 0 Å². The van der Waals surface area contributed by atoms with Crippen LogP contribution in [0.15, 0.2) is 261 Å². The lowest BCUT2D eigenvalue weighted by Crippen LogP contribution is -2.30. The quantitative estimate of drug-likeness (QED) is 0.155. The predicted molar refractivity (Wildman–Crippen MR) is 295 cm³/mol. The molecule has 0 saturated carbocycles. The van der Waals surface area contributed by atoms with Crippen LogP contribution >= 0.6 is 0 Å². The third-order valence-corrected chi connectivity index (χ3v) is 15.5. The number of para-hydroxylation sites is 5. The second-order valence-electron chi connectivity index (χ2n) is 19.1. The van der Waals surface area contributed by atoms with Gasteiger partial charge in [0.25, 0.3) is 0 Å². The summed E-state index contributed by atoms with van der Waals surface area (Å²) >= 11 is 0. The smallest absolute Gasteiger partial charge is 0.0619 e. The Hall–Kier alpha value is -9.18. The summed E-state index contributed by atoms with van der Waals surface area (Å²) in [4.78, 5) is 2.55. The van der Waals surface area contributed by atoms with Crippen LogP contribution in [0.3, 0.4) is 0 Å². The topological polar surface area (TPSA) is 13.1 Å². The normalized spacial score (nSPS) is 14.5. The Morgan fingerprint density at radius 2 is 0.775 bits per heavy atom. The lowest BCUT2D eigenvalue weighted by atomic mass is 9.59. The standard InChI is InChI=1S/C68H45N3/c1-4-19-44(20-5-1)50-41-42-62(67-65-57-29-12-10-27-55(57)64(66(50)67)56-28-11-13-30-58(56)65)69(49-39-40-54-52-25-14-16-33-60(52)70(63(54)43-49)46-21-6-2-7-22-46)48-37-35-45(36-38-48)51-31-18-32-59-53-26-15-17-34-61(53)71(68(51)59)47-23-8-3-9-24-47/h1-43,64-65H. The number of nitrogens with zero attached hydrogens (tertiary/aromatic N) is 3. The van der Waals surface area contributed by atoms with Crippen LogP contribution in [0.2, 0.25) is 0 Å². The number of hydrogen-bond donors (Lipinski definition) is 0. The molecule has 3 aliphatic rings. The first kappa shape index (κ1) is 39.8. The van der Waals surface area contributed by atoms with Crippen molar-refractivity contribution >= 4 is 60.7 Å². The summed E-state index contributed by atoms with van der Waals surface area (Å²) in [5, 5.41) is 4.97. The summed E-state index contributed by atoms with van der Waals surface area (Å²) in [6, 6.07) is 96.7. The molecular weight excluding hydrogens is 859 g/mol. The van der Waals surface area contributed by atoms with Crippen LogP contribution in [-0.2, 0) is 0 Å². The molecule has 0 unspecified atom stereocenters. The largest absolute Gasteiger partial charge is 0.310 e. The highest BCUT2D eigenvalue weighted by Gasteiger charge is 2.44. The molecule has 0 atom stereocenters. The van der Waals surface area contributed by atoms with E-state index < -0.39 is 0 Å². The van der Waals surface area contributed by atoms with Gasteiger partial charge in [-0.25, -0.2) is 0 Å². The van der Waals surface area contributed by atoms with E-state index in [0.717, 1.165) is 22.7 Å². The Balaban J connectivity index is 0.998. The minimum atomic E-state index is 0.0415. The van der Waals surface area contributed by atoms with Gasteiger partial charge in [-0.05, 0) is 117 Å². The van der Waals surface area contributed by atoms with E-state index in [9.17, 15) is 0 Å². The van der Waals surface area contributed by atoms with Crippen molar-refractivity contribution in [2.75, 3.05) is 4.90 Å².